The summed E-state index contributed by atoms with van der Waals surface area (Å²) in [6, 6.07) is 15.5. The Labute approximate surface area is 336 Å². The number of carbonyl (C=O) groups is 2. The first-order valence-corrected chi connectivity index (χ1v) is 19.9. The summed E-state index contributed by atoms with van der Waals surface area (Å²) in [7, 11) is 0.168. The molecule has 0 aliphatic carbocycles. The van der Waals surface area contributed by atoms with Crippen LogP contribution in [0, 0.1) is 11.6 Å². The number of para-hydroxylation sites is 1. The van der Waals surface area contributed by atoms with E-state index < -0.39 is 50.9 Å². The van der Waals surface area contributed by atoms with Gasteiger partial charge in [0.25, 0.3) is 5.56 Å². The van der Waals surface area contributed by atoms with Gasteiger partial charge >= 0.3 is 12.1 Å². The molecule has 0 saturated carbocycles. The number of fused-ring (bicyclic) bond motifs is 2. The number of halogens is 3. The second-order valence-electron chi connectivity index (χ2n) is 14.3. The molecule has 0 aliphatic rings. The van der Waals surface area contributed by atoms with E-state index in [4.69, 9.17) is 30.8 Å². The van der Waals surface area contributed by atoms with Crippen LogP contribution in [0.1, 0.15) is 54.1 Å². The van der Waals surface area contributed by atoms with Gasteiger partial charge in [0.1, 0.15) is 28.8 Å². The number of ether oxygens (including phenoxy) is 3. The fourth-order valence-corrected chi connectivity index (χ4v) is 7.59. The smallest absolute Gasteiger partial charge is 0.408 e. The number of nitrogens with one attached hydrogen (secondary N) is 1. The summed E-state index contributed by atoms with van der Waals surface area (Å²) in [5.74, 6) is -2.29. The predicted octanol–water partition coefficient (Wildman–Crippen LogP) is 6.77. The molecule has 0 saturated heterocycles. The standard InChI is InChI=1S/C40H39ClF2N6O8S/c1-40(2,3)57-39(52)44-30(19-23-17-24(42)20-25(43)18-23)35-45-33-27(9-8-10-28(33)38(51)56-6)37(50)49(35)31-16-15-29(41)32-34(31)47(4)46-36(32)48(58(7,53)54)21-22-11-13-26(55-5)14-12-22/h8-18,20,30H,19,21H2,1-7H3,(H,44,52)/t30-/m0/s1. The first-order valence-electron chi connectivity index (χ1n) is 17.6. The number of carbonyl (C=O) groups excluding carboxylic acids is 2. The van der Waals surface area contributed by atoms with Gasteiger partial charge in [0, 0.05) is 19.5 Å². The van der Waals surface area contributed by atoms with Gasteiger partial charge in [-0.25, -0.2) is 36.1 Å². The number of hydrogen-bond acceptors (Lipinski definition) is 10. The van der Waals surface area contributed by atoms with Gasteiger partial charge < -0.3 is 19.5 Å². The number of esters is 1. The first-order chi connectivity index (χ1) is 27.3. The van der Waals surface area contributed by atoms with E-state index in [0.29, 0.717) is 17.4 Å². The third-order valence-electron chi connectivity index (χ3n) is 8.96. The average Bonchev–Trinajstić information content (AvgIpc) is 3.49. The maximum atomic E-state index is 15.0. The van der Waals surface area contributed by atoms with Crippen molar-refractivity contribution < 1.29 is 41.0 Å². The molecule has 0 radical (unpaired) electrons. The summed E-state index contributed by atoms with van der Waals surface area (Å²) in [4.78, 5) is 46.3. The lowest BCUT2D eigenvalue weighted by Gasteiger charge is -2.26. The molecule has 1 atom stereocenters. The van der Waals surface area contributed by atoms with Crippen LogP contribution in [-0.4, -0.2) is 65.9 Å². The number of rotatable bonds is 11. The summed E-state index contributed by atoms with van der Waals surface area (Å²) in [5.41, 5.74) is -0.969. The number of anilines is 1. The van der Waals surface area contributed by atoms with Gasteiger partial charge in [0.15, 0.2) is 5.82 Å². The van der Waals surface area contributed by atoms with E-state index >= 15 is 0 Å². The Bertz CT molecular complexity index is 2730. The molecule has 1 amide bonds. The van der Waals surface area contributed by atoms with E-state index in [9.17, 15) is 31.6 Å². The molecule has 2 heterocycles. The number of hydrogen-bond donors (Lipinski definition) is 1. The van der Waals surface area contributed by atoms with Crippen molar-refractivity contribution in [1.82, 2.24) is 24.6 Å². The van der Waals surface area contributed by atoms with Crippen molar-refractivity contribution in [2.24, 2.45) is 7.05 Å². The van der Waals surface area contributed by atoms with Crippen LogP contribution in [0.3, 0.4) is 0 Å². The minimum atomic E-state index is -4.03. The summed E-state index contributed by atoms with van der Waals surface area (Å²) >= 11 is 6.86. The zero-order valence-corrected chi connectivity index (χ0v) is 34.0. The van der Waals surface area contributed by atoms with Crippen LogP contribution < -0.4 is 19.9 Å². The molecule has 0 aliphatic heterocycles. The highest BCUT2D eigenvalue weighted by molar-refractivity contribution is 7.92. The summed E-state index contributed by atoms with van der Waals surface area (Å²) in [5, 5.41) is 7.50. The molecule has 6 rings (SSSR count). The maximum Gasteiger partial charge on any atom is 0.408 e. The van der Waals surface area contributed by atoms with Crippen LogP contribution in [0.2, 0.25) is 5.02 Å². The molecule has 2 aromatic heterocycles. The van der Waals surface area contributed by atoms with Crippen molar-refractivity contribution in [2.45, 2.75) is 45.4 Å². The minimum absolute atomic E-state index is 0.0396. The molecule has 304 valence electrons. The van der Waals surface area contributed by atoms with Crippen molar-refractivity contribution in [2.75, 3.05) is 24.8 Å². The number of methoxy groups -OCH3 is 2. The van der Waals surface area contributed by atoms with Gasteiger partial charge in [-0.05, 0) is 80.4 Å². The van der Waals surface area contributed by atoms with Crippen molar-refractivity contribution in [1.29, 1.82) is 0 Å². The van der Waals surface area contributed by atoms with Crippen LogP contribution in [-0.2, 0) is 39.5 Å². The topological polar surface area (TPSA) is 164 Å². The third kappa shape index (κ3) is 8.60. The Morgan fingerprint density at radius 2 is 1.66 bits per heavy atom. The molecular weight excluding hydrogens is 798 g/mol. The van der Waals surface area contributed by atoms with Crippen molar-refractivity contribution in [3.05, 3.63) is 122 Å². The summed E-state index contributed by atoms with van der Waals surface area (Å²) in [6.07, 6.45) is -0.266. The van der Waals surface area contributed by atoms with E-state index in [0.717, 1.165) is 34.4 Å². The zero-order valence-electron chi connectivity index (χ0n) is 32.5. The second-order valence-corrected chi connectivity index (χ2v) is 16.7. The van der Waals surface area contributed by atoms with Crippen LogP contribution in [0.5, 0.6) is 5.75 Å². The minimum Gasteiger partial charge on any atom is -0.497 e. The largest absolute Gasteiger partial charge is 0.497 e. The molecule has 0 spiro atoms. The van der Waals surface area contributed by atoms with Gasteiger partial charge in [0.2, 0.25) is 10.0 Å². The van der Waals surface area contributed by atoms with E-state index in [1.165, 1.54) is 49.2 Å². The average molecular weight is 837 g/mol. The fourth-order valence-electron chi connectivity index (χ4n) is 6.53. The molecule has 18 heteroatoms. The Morgan fingerprint density at radius 1 is 0.983 bits per heavy atom. The molecule has 6 aromatic rings. The van der Waals surface area contributed by atoms with Crippen LogP contribution in [0.25, 0.3) is 27.5 Å². The monoisotopic (exact) mass is 836 g/mol. The van der Waals surface area contributed by atoms with E-state index in [1.54, 1.807) is 45.0 Å². The second kappa shape index (κ2) is 16.1. The third-order valence-corrected chi connectivity index (χ3v) is 10.4. The molecule has 0 unspecified atom stereocenters. The maximum absolute atomic E-state index is 15.0. The highest BCUT2D eigenvalue weighted by Gasteiger charge is 2.31. The van der Waals surface area contributed by atoms with Gasteiger partial charge in [-0.3, -0.25) is 14.0 Å². The number of alkyl carbamates (subject to hydrolysis) is 1. The van der Waals surface area contributed by atoms with Crippen molar-refractivity contribution >= 4 is 61.3 Å². The van der Waals surface area contributed by atoms with Gasteiger partial charge in [-0.1, -0.05) is 29.8 Å². The normalized spacial score (nSPS) is 12.4. The summed E-state index contributed by atoms with van der Waals surface area (Å²) in [6.45, 7) is 4.75. The van der Waals surface area contributed by atoms with E-state index in [2.05, 4.69) is 10.4 Å². The Morgan fingerprint density at radius 3 is 2.26 bits per heavy atom. The Balaban J connectivity index is 1.67. The number of nitrogens with zero attached hydrogens (tertiary/aromatic N) is 5. The van der Waals surface area contributed by atoms with Gasteiger partial charge in [-0.2, -0.15) is 5.10 Å². The van der Waals surface area contributed by atoms with E-state index in [-0.39, 0.29) is 68.3 Å². The van der Waals surface area contributed by atoms with Crippen molar-refractivity contribution in [3.63, 3.8) is 0 Å². The van der Waals surface area contributed by atoms with Crippen LogP contribution >= 0.6 is 11.6 Å². The van der Waals surface area contributed by atoms with Crippen LogP contribution in [0.15, 0.2) is 77.6 Å². The predicted molar refractivity (Wildman–Crippen MR) is 214 cm³/mol. The molecule has 0 fully saturated rings. The van der Waals surface area contributed by atoms with E-state index in [1.807, 2.05) is 0 Å². The van der Waals surface area contributed by atoms with Crippen molar-refractivity contribution in [3.8, 4) is 11.4 Å². The first kappa shape index (κ1) is 41.6. The molecule has 58 heavy (non-hydrogen) atoms. The number of benzene rings is 4. The summed E-state index contributed by atoms with van der Waals surface area (Å²) < 4.78 is 75.5. The van der Waals surface area contributed by atoms with Gasteiger partial charge in [-0.15, -0.1) is 0 Å². The lowest BCUT2D eigenvalue weighted by Crippen LogP contribution is -2.39. The molecule has 1 N–H and O–H groups in total. The van der Waals surface area contributed by atoms with Gasteiger partial charge in [0.05, 0.1) is 71.1 Å². The lowest BCUT2D eigenvalue weighted by molar-refractivity contribution is 0.0499. The number of aromatic nitrogens is 4. The Hall–Kier alpha value is -6.07. The number of amides is 1. The quantitative estimate of drug-likeness (QED) is 0.138. The highest BCUT2D eigenvalue weighted by Crippen LogP contribution is 2.38. The fraction of sp³-hybridized carbons (Fsp3) is 0.275. The van der Waals surface area contributed by atoms with Crippen LogP contribution in [0.4, 0.5) is 19.4 Å². The number of aryl methyl sites for hydroxylation is 1. The molecule has 0 bridgehead atoms. The SMILES string of the molecule is COC(=O)c1cccc2c(=O)n(-c3ccc(Cl)c4c(N(Cc5ccc(OC)cc5)S(C)(=O)=O)nn(C)c34)c([C@H](Cc3cc(F)cc(F)c3)NC(=O)OC(C)(C)C)nc12. The Kier molecular flexibility index (Phi) is 11.5. The molecular formula is C40H39ClF2N6O8S. The molecule has 14 nitrogen and oxygen atoms in total. The lowest BCUT2D eigenvalue weighted by atomic mass is 10.0. The molecule has 4 aromatic carbocycles. The number of sulfonamides is 1. The highest BCUT2D eigenvalue weighted by atomic mass is 35.5. The zero-order chi connectivity index (χ0) is 42.3.